The van der Waals surface area contributed by atoms with Crippen LogP contribution in [0.5, 0.6) is 5.75 Å². The lowest BCUT2D eigenvalue weighted by Crippen LogP contribution is -2.22. The lowest BCUT2D eigenvalue weighted by molar-refractivity contribution is 0.0526. The first-order chi connectivity index (χ1) is 7.86. The standard InChI is InChI=1S/C13H20O4/c1-9-11(13(2,3)16)5-4-6-12(9)17-8-10(15)7-14/h4-6,10,14-16H,7-8H2,1-3H3. The van der Waals surface area contributed by atoms with Gasteiger partial charge >= 0.3 is 0 Å². The van der Waals surface area contributed by atoms with E-state index in [1.54, 1.807) is 26.0 Å². The summed E-state index contributed by atoms with van der Waals surface area (Å²) >= 11 is 0. The highest BCUT2D eigenvalue weighted by Gasteiger charge is 2.20. The first kappa shape index (κ1) is 14.0. The third-order valence-corrected chi connectivity index (χ3v) is 2.59. The van der Waals surface area contributed by atoms with Crippen molar-refractivity contribution in [2.75, 3.05) is 13.2 Å². The molecule has 1 rings (SSSR count). The van der Waals surface area contributed by atoms with Crippen molar-refractivity contribution in [3.8, 4) is 5.75 Å². The largest absolute Gasteiger partial charge is 0.491 e. The van der Waals surface area contributed by atoms with Crippen LogP contribution in [0.4, 0.5) is 0 Å². The third kappa shape index (κ3) is 3.70. The lowest BCUT2D eigenvalue weighted by atomic mass is 9.93. The Balaban J connectivity index is 2.88. The summed E-state index contributed by atoms with van der Waals surface area (Å²) in [5.74, 6) is 0.608. The van der Waals surface area contributed by atoms with Gasteiger partial charge in [-0.15, -0.1) is 0 Å². The fourth-order valence-electron chi connectivity index (χ4n) is 1.67. The summed E-state index contributed by atoms with van der Waals surface area (Å²) in [6.45, 7) is 4.98. The van der Waals surface area contributed by atoms with Crippen LogP contribution >= 0.6 is 0 Å². The van der Waals surface area contributed by atoms with Gasteiger partial charge in [0.05, 0.1) is 12.2 Å². The van der Waals surface area contributed by atoms with E-state index >= 15 is 0 Å². The number of hydrogen-bond donors (Lipinski definition) is 3. The zero-order valence-electron chi connectivity index (χ0n) is 10.5. The molecular weight excluding hydrogens is 220 g/mol. The number of ether oxygens (including phenoxy) is 1. The molecule has 0 heterocycles. The van der Waals surface area contributed by atoms with E-state index in [0.29, 0.717) is 5.75 Å². The van der Waals surface area contributed by atoms with Crippen molar-refractivity contribution >= 4 is 0 Å². The minimum Gasteiger partial charge on any atom is -0.491 e. The van der Waals surface area contributed by atoms with Gasteiger partial charge in [-0.25, -0.2) is 0 Å². The Morgan fingerprint density at radius 2 is 2.00 bits per heavy atom. The predicted molar refractivity (Wildman–Crippen MR) is 65.0 cm³/mol. The molecular formula is C13H20O4. The van der Waals surface area contributed by atoms with Crippen molar-refractivity contribution in [3.63, 3.8) is 0 Å². The van der Waals surface area contributed by atoms with E-state index in [1.165, 1.54) is 0 Å². The molecule has 1 aromatic carbocycles. The average Bonchev–Trinajstić information content (AvgIpc) is 2.25. The van der Waals surface area contributed by atoms with Crippen molar-refractivity contribution in [2.24, 2.45) is 0 Å². The Hall–Kier alpha value is -1.10. The SMILES string of the molecule is Cc1c(OCC(O)CO)cccc1C(C)(C)O. The molecule has 4 heteroatoms. The van der Waals surface area contributed by atoms with Crippen LogP contribution in [-0.4, -0.2) is 34.6 Å². The lowest BCUT2D eigenvalue weighted by Gasteiger charge is -2.22. The van der Waals surface area contributed by atoms with Gasteiger partial charge in [0.1, 0.15) is 18.5 Å². The summed E-state index contributed by atoms with van der Waals surface area (Å²) < 4.78 is 5.40. The van der Waals surface area contributed by atoms with Gasteiger partial charge in [-0.2, -0.15) is 0 Å². The fourth-order valence-corrected chi connectivity index (χ4v) is 1.67. The van der Waals surface area contributed by atoms with Crippen molar-refractivity contribution in [1.82, 2.24) is 0 Å². The van der Waals surface area contributed by atoms with Gasteiger partial charge in [0.25, 0.3) is 0 Å². The van der Waals surface area contributed by atoms with E-state index in [9.17, 15) is 10.2 Å². The zero-order chi connectivity index (χ0) is 13.1. The van der Waals surface area contributed by atoms with Crippen molar-refractivity contribution in [1.29, 1.82) is 0 Å². The predicted octanol–water partition coefficient (Wildman–Crippen LogP) is 0.954. The highest BCUT2D eigenvalue weighted by molar-refractivity contribution is 5.41. The van der Waals surface area contributed by atoms with E-state index < -0.39 is 11.7 Å². The Kier molecular flexibility index (Phi) is 4.51. The molecule has 0 saturated heterocycles. The topological polar surface area (TPSA) is 69.9 Å². The Labute approximate surface area is 101 Å². The molecule has 0 bridgehead atoms. The maximum atomic E-state index is 9.97. The molecule has 1 atom stereocenters. The van der Waals surface area contributed by atoms with Crippen LogP contribution in [0.1, 0.15) is 25.0 Å². The van der Waals surface area contributed by atoms with Crippen molar-refractivity contribution in [2.45, 2.75) is 32.5 Å². The Morgan fingerprint density at radius 3 is 2.53 bits per heavy atom. The maximum absolute atomic E-state index is 9.97. The first-order valence-electron chi connectivity index (χ1n) is 5.60. The van der Waals surface area contributed by atoms with Gasteiger partial charge in [-0.3, -0.25) is 0 Å². The number of benzene rings is 1. The van der Waals surface area contributed by atoms with E-state index in [-0.39, 0.29) is 13.2 Å². The number of hydrogen-bond acceptors (Lipinski definition) is 4. The zero-order valence-corrected chi connectivity index (χ0v) is 10.5. The quantitative estimate of drug-likeness (QED) is 0.717. The van der Waals surface area contributed by atoms with E-state index in [0.717, 1.165) is 11.1 Å². The van der Waals surface area contributed by atoms with Crippen LogP contribution in [0.25, 0.3) is 0 Å². The summed E-state index contributed by atoms with van der Waals surface area (Å²) in [5.41, 5.74) is 0.692. The normalized spacial score (nSPS) is 13.5. The van der Waals surface area contributed by atoms with E-state index in [2.05, 4.69) is 0 Å². The maximum Gasteiger partial charge on any atom is 0.122 e. The van der Waals surface area contributed by atoms with Gasteiger partial charge in [0.2, 0.25) is 0 Å². The number of aliphatic hydroxyl groups is 3. The summed E-state index contributed by atoms with van der Waals surface area (Å²) in [4.78, 5) is 0. The monoisotopic (exact) mass is 240 g/mol. The fraction of sp³-hybridized carbons (Fsp3) is 0.538. The molecule has 0 spiro atoms. The van der Waals surface area contributed by atoms with Crippen molar-refractivity contribution in [3.05, 3.63) is 29.3 Å². The molecule has 1 aromatic rings. The van der Waals surface area contributed by atoms with Crippen LogP contribution < -0.4 is 4.74 Å². The van der Waals surface area contributed by atoms with Crippen molar-refractivity contribution < 1.29 is 20.1 Å². The molecule has 0 aliphatic rings. The van der Waals surface area contributed by atoms with Crippen LogP contribution in [-0.2, 0) is 5.60 Å². The molecule has 17 heavy (non-hydrogen) atoms. The second-order valence-corrected chi connectivity index (χ2v) is 4.64. The van der Waals surface area contributed by atoms with Gasteiger partial charge < -0.3 is 20.1 Å². The molecule has 0 fully saturated rings. The molecule has 3 N–H and O–H groups in total. The second-order valence-electron chi connectivity index (χ2n) is 4.64. The molecule has 1 unspecified atom stereocenters. The average molecular weight is 240 g/mol. The number of aliphatic hydroxyl groups excluding tert-OH is 2. The molecule has 0 aliphatic carbocycles. The highest BCUT2D eigenvalue weighted by Crippen LogP contribution is 2.29. The van der Waals surface area contributed by atoms with E-state index in [4.69, 9.17) is 9.84 Å². The first-order valence-corrected chi connectivity index (χ1v) is 5.60. The van der Waals surface area contributed by atoms with Gasteiger partial charge in [0, 0.05) is 0 Å². The molecule has 0 saturated carbocycles. The minimum atomic E-state index is -0.932. The summed E-state index contributed by atoms with van der Waals surface area (Å²) in [5, 5.41) is 27.9. The van der Waals surface area contributed by atoms with Gasteiger partial charge in [0.15, 0.2) is 0 Å². The Morgan fingerprint density at radius 1 is 1.35 bits per heavy atom. The summed E-state index contributed by atoms with van der Waals surface area (Å²) in [6, 6.07) is 5.40. The van der Waals surface area contributed by atoms with Crippen LogP contribution in [0, 0.1) is 6.92 Å². The molecule has 96 valence electrons. The molecule has 0 radical (unpaired) electrons. The number of rotatable bonds is 5. The van der Waals surface area contributed by atoms with E-state index in [1.807, 2.05) is 13.0 Å². The highest BCUT2D eigenvalue weighted by atomic mass is 16.5. The molecule has 0 aliphatic heterocycles. The molecule has 0 aromatic heterocycles. The second kappa shape index (κ2) is 5.49. The Bertz CT molecular complexity index is 368. The van der Waals surface area contributed by atoms with Crippen LogP contribution in [0.2, 0.25) is 0 Å². The van der Waals surface area contributed by atoms with Crippen LogP contribution in [0.3, 0.4) is 0 Å². The third-order valence-electron chi connectivity index (χ3n) is 2.59. The smallest absolute Gasteiger partial charge is 0.122 e. The van der Waals surface area contributed by atoms with Gasteiger partial charge in [-0.1, -0.05) is 12.1 Å². The molecule has 0 amide bonds. The molecule has 4 nitrogen and oxygen atoms in total. The van der Waals surface area contributed by atoms with Gasteiger partial charge in [-0.05, 0) is 38.0 Å². The summed E-state index contributed by atoms with van der Waals surface area (Å²) in [7, 11) is 0. The minimum absolute atomic E-state index is 0.0344. The summed E-state index contributed by atoms with van der Waals surface area (Å²) in [6.07, 6.45) is -0.889. The van der Waals surface area contributed by atoms with Crippen LogP contribution in [0.15, 0.2) is 18.2 Å².